The normalized spacial score (nSPS) is 9.08. The van der Waals surface area contributed by atoms with E-state index in [4.69, 9.17) is 21.7 Å². The van der Waals surface area contributed by atoms with Crippen LogP contribution in [0.1, 0.15) is 0 Å². The van der Waals surface area contributed by atoms with E-state index in [1.807, 2.05) is 30.3 Å². The fraction of sp³-hybridized carbons (Fsp3) is 0.222. The Morgan fingerprint density at radius 2 is 2.00 bits per heavy atom. The zero-order valence-corrected chi connectivity index (χ0v) is 7.64. The summed E-state index contributed by atoms with van der Waals surface area (Å²) in [5.41, 5.74) is 0. The zero-order valence-electron chi connectivity index (χ0n) is 6.82. The number of ether oxygens (including phenoxy) is 2. The third-order valence-electron chi connectivity index (χ3n) is 1.33. The van der Waals surface area contributed by atoms with Crippen molar-refractivity contribution in [3.63, 3.8) is 0 Å². The molecule has 0 radical (unpaired) electrons. The summed E-state index contributed by atoms with van der Waals surface area (Å²) in [7, 11) is 1.54. The molecule has 1 aromatic carbocycles. The quantitative estimate of drug-likeness (QED) is 0.666. The zero-order chi connectivity index (χ0) is 8.81. The van der Waals surface area contributed by atoms with Crippen LogP contribution in [-0.2, 0) is 4.74 Å². The van der Waals surface area contributed by atoms with Gasteiger partial charge in [-0.1, -0.05) is 18.2 Å². The Morgan fingerprint density at radius 1 is 1.33 bits per heavy atom. The van der Waals surface area contributed by atoms with Gasteiger partial charge in [0.25, 0.3) is 0 Å². The van der Waals surface area contributed by atoms with Gasteiger partial charge in [0.1, 0.15) is 5.75 Å². The SMILES string of the molecule is COC(=S)COc1ccccc1. The van der Waals surface area contributed by atoms with E-state index in [0.29, 0.717) is 11.7 Å². The number of rotatable bonds is 3. The molecule has 0 unspecified atom stereocenters. The molecule has 0 atom stereocenters. The van der Waals surface area contributed by atoms with E-state index >= 15 is 0 Å². The molecule has 0 amide bonds. The molecule has 0 aliphatic heterocycles. The maximum absolute atomic E-state index is 5.29. The van der Waals surface area contributed by atoms with Gasteiger partial charge in [-0.3, -0.25) is 0 Å². The third-order valence-corrected chi connectivity index (χ3v) is 1.61. The van der Waals surface area contributed by atoms with Crippen LogP contribution < -0.4 is 4.74 Å². The molecule has 0 saturated heterocycles. The van der Waals surface area contributed by atoms with Crippen molar-refractivity contribution in [1.29, 1.82) is 0 Å². The predicted molar refractivity (Wildman–Crippen MR) is 51.5 cm³/mol. The lowest BCUT2D eigenvalue weighted by Gasteiger charge is -2.05. The fourth-order valence-electron chi connectivity index (χ4n) is 0.718. The van der Waals surface area contributed by atoms with Crippen molar-refractivity contribution in [3.8, 4) is 5.75 Å². The molecule has 1 aromatic rings. The van der Waals surface area contributed by atoms with Gasteiger partial charge in [-0.15, -0.1) is 0 Å². The van der Waals surface area contributed by atoms with Gasteiger partial charge in [-0.2, -0.15) is 0 Å². The van der Waals surface area contributed by atoms with Crippen molar-refractivity contribution in [2.24, 2.45) is 0 Å². The number of hydrogen-bond donors (Lipinski definition) is 0. The van der Waals surface area contributed by atoms with Crippen molar-refractivity contribution < 1.29 is 9.47 Å². The van der Waals surface area contributed by atoms with Crippen LogP contribution in [0.15, 0.2) is 30.3 Å². The molecule has 3 heteroatoms. The Kier molecular flexibility index (Phi) is 3.54. The third kappa shape index (κ3) is 2.88. The molecular weight excluding hydrogens is 172 g/mol. The fourth-order valence-corrected chi connectivity index (χ4v) is 0.777. The Bertz CT molecular complexity index is 246. The van der Waals surface area contributed by atoms with E-state index in [-0.39, 0.29) is 0 Å². The van der Waals surface area contributed by atoms with E-state index in [0.717, 1.165) is 5.75 Å². The van der Waals surface area contributed by atoms with E-state index in [1.54, 1.807) is 0 Å². The largest absolute Gasteiger partial charge is 0.487 e. The van der Waals surface area contributed by atoms with Gasteiger partial charge in [-0.05, 0) is 24.4 Å². The van der Waals surface area contributed by atoms with Gasteiger partial charge in [0.2, 0.25) is 0 Å². The van der Waals surface area contributed by atoms with Crippen LogP contribution in [0.3, 0.4) is 0 Å². The van der Waals surface area contributed by atoms with E-state index in [2.05, 4.69) is 0 Å². The van der Waals surface area contributed by atoms with Crippen LogP contribution in [0.2, 0.25) is 0 Å². The average molecular weight is 182 g/mol. The van der Waals surface area contributed by atoms with Crippen molar-refractivity contribution in [2.45, 2.75) is 0 Å². The summed E-state index contributed by atoms with van der Waals surface area (Å²) in [4.78, 5) is 0. The highest BCUT2D eigenvalue weighted by Crippen LogP contribution is 2.07. The van der Waals surface area contributed by atoms with E-state index in [9.17, 15) is 0 Å². The molecule has 1 rings (SSSR count). The summed E-state index contributed by atoms with van der Waals surface area (Å²) in [6, 6.07) is 9.49. The van der Waals surface area contributed by atoms with Gasteiger partial charge in [0.05, 0.1) is 7.11 Å². The lowest BCUT2D eigenvalue weighted by Crippen LogP contribution is -2.10. The molecule has 0 aliphatic carbocycles. The van der Waals surface area contributed by atoms with Gasteiger partial charge in [-0.25, -0.2) is 0 Å². The molecule has 0 bridgehead atoms. The molecule has 0 aliphatic rings. The van der Waals surface area contributed by atoms with Crippen LogP contribution >= 0.6 is 12.2 Å². The number of thiocarbonyl (C=S) groups is 1. The Labute approximate surface area is 77.1 Å². The van der Waals surface area contributed by atoms with Gasteiger partial charge >= 0.3 is 0 Å². The van der Waals surface area contributed by atoms with Crippen molar-refractivity contribution >= 4 is 17.3 Å². The van der Waals surface area contributed by atoms with Gasteiger partial charge in [0, 0.05) is 0 Å². The highest BCUT2D eigenvalue weighted by molar-refractivity contribution is 7.80. The minimum absolute atomic E-state index is 0.329. The van der Waals surface area contributed by atoms with Crippen molar-refractivity contribution in [1.82, 2.24) is 0 Å². The predicted octanol–water partition coefficient (Wildman–Crippen LogP) is 2.04. The lowest BCUT2D eigenvalue weighted by molar-refractivity contribution is 0.321. The highest BCUT2D eigenvalue weighted by Gasteiger charge is 1.95. The Balaban J connectivity index is 2.38. The standard InChI is InChI=1S/C9H10O2S/c1-10-9(12)7-11-8-5-3-2-4-6-8/h2-6H,7H2,1H3. The topological polar surface area (TPSA) is 18.5 Å². The second kappa shape index (κ2) is 4.72. The molecular formula is C9H10O2S. The summed E-state index contributed by atoms with van der Waals surface area (Å²) in [6.45, 7) is 0.329. The van der Waals surface area contributed by atoms with E-state index < -0.39 is 0 Å². The number of benzene rings is 1. The second-order valence-electron chi connectivity index (χ2n) is 2.18. The minimum Gasteiger partial charge on any atom is -0.487 e. The van der Waals surface area contributed by atoms with Crippen LogP contribution in [-0.4, -0.2) is 18.8 Å². The maximum atomic E-state index is 5.29. The molecule has 0 fully saturated rings. The summed E-state index contributed by atoms with van der Waals surface area (Å²) < 4.78 is 10.1. The first-order valence-electron chi connectivity index (χ1n) is 3.57. The van der Waals surface area contributed by atoms with Crippen LogP contribution in [0.25, 0.3) is 0 Å². The van der Waals surface area contributed by atoms with Crippen molar-refractivity contribution in [2.75, 3.05) is 13.7 Å². The lowest BCUT2D eigenvalue weighted by atomic mass is 10.3. The molecule has 0 N–H and O–H groups in total. The number of para-hydroxylation sites is 1. The van der Waals surface area contributed by atoms with Crippen LogP contribution in [0.4, 0.5) is 0 Å². The number of methoxy groups -OCH3 is 1. The molecule has 0 spiro atoms. The smallest absolute Gasteiger partial charge is 0.197 e. The first-order chi connectivity index (χ1) is 5.83. The molecule has 0 saturated carbocycles. The molecule has 12 heavy (non-hydrogen) atoms. The average Bonchev–Trinajstić information content (AvgIpc) is 2.16. The summed E-state index contributed by atoms with van der Waals surface area (Å²) in [6.07, 6.45) is 0. The number of hydrogen-bond acceptors (Lipinski definition) is 3. The second-order valence-corrected chi connectivity index (χ2v) is 2.63. The molecule has 2 nitrogen and oxygen atoms in total. The first kappa shape index (κ1) is 9.00. The first-order valence-corrected chi connectivity index (χ1v) is 3.98. The maximum Gasteiger partial charge on any atom is 0.197 e. The molecule has 0 aromatic heterocycles. The highest BCUT2D eigenvalue weighted by atomic mass is 32.1. The van der Waals surface area contributed by atoms with E-state index in [1.165, 1.54) is 7.11 Å². The summed E-state index contributed by atoms with van der Waals surface area (Å²) >= 11 is 4.81. The van der Waals surface area contributed by atoms with Crippen molar-refractivity contribution in [3.05, 3.63) is 30.3 Å². The van der Waals surface area contributed by atoms with Gasteiger partial charge < -0.3 is 9.47 Å². The molecule has 0 heterocycles. The Morgan fingerprint density at radius 3 is 2.58 bits per heavy atom. The summed E-state index contributed by atoms with van der Waals surface area (Å²) in [5, 5.41) is 0.457. The van der Waals surface area contributed by atoms with Crippen LogP contribution in [0, 0.1) is 0 Å². The molecule has 64 valence electrons. The van der Waals surface area contributed by atoms with Gasteiger partial charge in [0.15, 0.2) is 11.7 Å². The monoisotopic (exact) mass is 182 g/mol. The minimum atomic E-state index is 0.329. The Hall–Kier alpha value is -1.09. The van der Waals surface area contributed by atoms with Crippen LogP contribution in [0.5, 0.6) is 5.75 Å². The summed E-state index contributed by atoms with van der Waals surface area (Å²) in [5.74, 6) is 0.803.